The zero-order chi connectivity index (χ0) is 15.5. The normalized spacial score (nSPS) is 22.9. The first-order valence-corrected chi connectivity index (χ1v) is 6.63. The molecule has 0 aliphatic carbocycles. The smallest absolute Gasteiger partial charge is 0.407 e. The maximum absolute atomic E-state index is 13.1. The Labute approximate surface area is 120 Å². The van der Waals surface area contributed by atoms with Crippen molar-refractivity contribution in [3.05, 3.63) is 30.3 Å². The van der Waals surface area contributed by atoms with Gasteiger partial charge in [0.05, 0.1) is 12.0 Å². The van der Waals surface area contributed by atoms with Crippen molar-refractivity contribution in [3.8, 4) is 5.75 Å². The van der Waals surface area contributed by atoms with E-state index in [2.05, 4.69) is 0 Å². The molecule has 1 saturated heterocycles. The Morgan fingerprint density at radius 2 is 2.00 bits per heavy atom. The van der Waals surface area contributed by atoms with Crippen LogP contribution < -0.4 is 4.74 Å². The standard InChI is InChI=1S/C14H16F3NO3/c15-14(16,17)11-7-4-8-18(13(19)20)12(11)9-21-10-5-2-1-3-6-10/h1-3,5-6,11-12H,4,7-9H2,(H,19,20). The van der Waals surface area contributed by atoms with E-state index in [0.29, 0.717) is 5.75 Å². The van der Waals surface area contributed by atoms with E-state index >= 15 is 0 Å². The molecule has 1 aliphatic heterocycles. The van der Waals surface area contributed by atoms with Gasteiger partial charge in [-0.25, -0.2) is 4.79 Å². The molecular formula is C14H16F3NO3. The first kappa shape index (κ1) is 15.5. The quantitative estimate of drug-likeness (QED) is 0.931. The number of hydrogen-bond acceptors (Lipinski definition) is 2. The maximum atomic E-state index is 13.1. The van der Waals surface area contributed by atoms with E-state index < -0.39 is 24.2 Å². The molecule has 116 valence electrons. The molecule has 7 heteroatoms. The Morgan fingerprint density at radius 1 is 1.33 bits per heavy atom. The Hall–Kier alpha value is -1.92. The van der Waals surface area contributed by atoms with Crippen molar-refractivity contribution in [2.24, 2.45) is 5.92 Å². The SMILES string of the molecule is O=C(O)N1CCCC(C(F)(F)F)C1COc1ccccc1. The summed E-state index contributed by atoms with van der Waals surface area (Å²) in [6.07, 6.45) is -5.64. The minimum absolute atomic E-state index is 0.0733. The van der Waals surface area contributed by atoms with Gasteiger partial charge < -0.3 is 14.7 Å². The molecule has 0 spiro atoms. The van der Waals surface area contributed by atoms with Gasteiger partial charge in [-0.3, -0.25) is 0 Å². The number of carbonyl (C=O) groups is 1. The molecule has 1 fully saturated rings. The molecule has 4 nitrogen and oxygen atoms in total. The summed E-state index contributed by atoms with van der Waals surface area (Å²) in [5.74, 6) is -1.26. The third kappa shape index (κ3) is 3.80. The van der Waals surface area contributed by atoms with Crippen LogP contribution in [0.2, 0.25) is 0 Å². The number of benzene rings is 1. The lowest BCUT2D eigenvalue weighted by atomic mass is 9.89. The molecule has 2 rings (SSSR count). The zero-order valence-corrected chi connectivity index (χ0v) is 11.2. The molecule has 21 heavy (non-hydrogen) atoms. The Kier molecular flexibility index (Phi) is 4.59. The van der Waals surface area contributed by atoms with Gasteiger partial charge >= 0.3 is 12.3 Å². The highest BCUT2D eigenvalue weighted by molar-refractivity contribution is 5.65. The number of piperidine rings is 1. The zero-order valence-electron chi connectivity index (χ0n) is 11.2. The summed E-state index contributed by atoms with van der Waals surface area (Å²) in [5, 5.41) is 9.09. The number of nitrogens with zero attached hydrogens (tertiary/aromatic N) is 1. The van der Waals surface area contributed by atoms with Crippen molar-refractivity contribution in [2.45, 2.75) is 25.1 Å². The third-order valence-electron chi connectivity index (χ3n) is 3.61. The molecule has 0 radical (unpaired) electrons. The number of halogens is 3. The number of ether oxygens (including phenoxy) is 1. The van der Waals surface area contributed by atoms with Crippen molar-refractivity contribution in [3.63, 3.8) is 0 Å². The van der Waals surface area contributed by atoms with Gasteiger partial charge in [0.15, 0.2) is 0 Å². The predicted molar refractivity (Wildman–Crippen MR) is 69.2 cm³/mol. The van der Waals surface area contributed by atoms with Crippen molar-refractivity contribution in [1.29, 1.82) is 0 Å². The maximum Gasteiger partial charge on any atom is 0.407 e. The third-order valence-corrected chi connectivity index (χ3v) is 3.61. The molecule has 0 bridgehead atoms. The summed E-state index contributed by atoms with van der Waals surface area (Å²) >= 11 is 0. The van der Waals surface area contributed by atoms with Crippen LogP contribution in [0.1, 0.15) is 12.8 Å². The highest BCUT2D eigenvalue weighted by Crippen LogP contribution is 2.37. The van der Waals surface area contributed by atoms with Gasteiger partial charge in [-0.15, -0.1) is 0 Å². The fourth-order valence-corrected chi connectivity index (χ4v) is 2.58. The molecule has 1 aliphatic rings. The number of hydrogen-bond donors (Lipinski definition) is 1. The fraction of sp³-hybridized carbons (Fsp3) is 0.500. The van der Waals surface area contributed by atoms with E-state index in [1.165, 1.54) is 0 Å². The van der Waals surface area contributed by atoms with Gasteiger partial charge in [0.2, 0.25) is 0 Å². The summed E-state index contributed by atoms with van der Waals surface area (Å²) < 4.78 is 44.6. The van der Waals surface area contributed by atoms with Crippen LogP contribution in [0.15, 0.2) is 30.3 Å². The van der Waals surface area contributed by atoms with E-state index in [4.69, 9.17) is 9.84 Å². The van der Waals surface area contributed by atoms with Crippen LogP contribution in [-0.4, -0.2) is 41.5 Å². The van der Waals surface area contributed by atoms with Crippen LogP contribution in [0, 0.1) is 5.92 Å². The highest BCUT2D eigenvalue weighted by atomic mass is 19.4. The molecule has 1 aromatic rings. The lowest BCUT2D eigenvalue weighted by Crippen LogP contribution is -2.54. The minimum Gasteiger partial charge on any atom is -0.491 e. The van der Waals surface area contributed by atoms with E-state index in [1.807, 2.05) is 0 Å². The summed E-state index contributed by atoms with van der Waals surface area (Å²) in [6.45, 7) is -0.203. The number of likely N-dealkylation sites (tertiary alicyclic amines) is 1. The number of para-hydroxylation sites is 1. The predicted octanol–water partition coefficient (Wildman–Crippen LogP) is 3.39. The second-order valence-electron chi connectivity index (χ2n) is 4.96. The van der Waals surface area contributed by atoms with E-state index in [0.717, 1.165) is 4.90 Å². The Balaban J connectivity index is 2.13. The number of rotatable bonds is 3. The van der Waals surface area contributed by atoms with Crippen LogP contribution in [-0.2, 0) is 0 Å². The van der Waals surface area contributed by atoms with Gasteiger partial charge in [-0.1, -0.05) is 18.2 Å². The molecule has 0 saturated carbocycles. The second-order valence-corrected chi connectivity index (χ2v) is 4.96. The van der Waals surface area contributed by atoms with Crippen molar-refractivity contribution in [1.82, 2.24) is 4.90 Å². The Morgan fingerprint density at radius 3 is 2.57 bits per heavy atom. The average molecular weight is 303 g/mol. The molecular weight excluding hydrogens is 287 g/mol. The fourth-order valence-electron chi connectivity index (χ4n) is 2.58. The molecule has 1 heterocycles. The monoisotopic (exact) mass is 303 g/mol. The number of amides is 1. The molecule has 0 aromatic heterocycles. The second kappa shape index (κ2) is 6.24. The minimum atomic E-state index is -4.43. The molecule has 1 aromatic carbocycles. The summed E-state index contributed by atoms with van der Waals surface area (Å²) in [4.78, 5) is 12.0. The van der Waals surface area contributed by atoms with Gasteiger partial charge in [-0.2, -0.15) is 13.2 Å². The summed E-state index contributed by atoms with van der Waals surface area (Å²) in [6, 6.07) is 7.19. The number of carboxylic acid groups (broad SMARTS) is 1. The lowest BCUT2D eigenvalue weighted by Gasteiger charge is -2.40. The molecule has 2 atom stereocenters. The van der Waals surface area contributed by atoms with Crippen LogP contribution in [0.5, 0.6) is 5.75 Å². The van der Waals surface area contributed by atoms with E-state index in [1.54, 1.807) is 30.3 Å². The largest absolute Gasteiger partial charge is 0.491 e. The van der Waals surface area contributed by atoms with E-state index in [-0.39, 0.29) is 26.0 Å². The van der Waals surface area contributed by atoms with Crippen LogP contribution in [0.4, 0.5) is 18.0 Å². The summed E-state index contributed by atoms with van der Waals surface area (Å²) in [7, 11) is 0. The topological polar surface area (TPSA) is 49.8 Å². The number of alkyl halides is 3. The van der Waals surface area contributed by atoms with Gasteiger partial charge in [-0.05, 0) is 25.0 Å². The first-order chi connectivity index (χ1) is 9.89. The van der Waals surface area contributed by atoms with Gasteiger partial charge in [0.1, 0.15) is 12.4 Å². The molecule has 1 N–H and O–H groups in total. The van der Waals surface area contributed by atoms with Gasteiger partial charge in [0.25, 0.3) is 0 Å². The Bertz CT molecular complexity index is 478. The van der Waals surface area contributed by atoms with Crippen molar-refractivity contribution >= 4 is 6.09 Å². The van der Waals surface area contributed by atoms with Crippen LogP contribution >= 0.6 is 0 Å². The molecule has 2 unspecified atom stereocenters. The van der Waals surface area contributed by atoms with Crippen molar-refractivity contribution < 1.29 is 27.8 Å². The lowest BCUT2D eigenvalue weighted by molar-refractivity contribution is -0.201. The van der Waals surface area contributed by atoms with Gasteiger partial charge in [0, 0.05) is 6.54 Å². The highest BCUT2D eigenvalue weighted by Gasteiger charge is 2.49. The first-order valence-electron chi connectivity index (χ1n) is 6.63. The van der Waals surface area contributed by atoms with Crippen molar-refractivity contribution in [2.75, 3.05) is 13.2 Å². The average Bonchev–Trinajstić information content (AvgIpc) is 2.44. The van der Waals surface area contributed by atoms with Crippen LogP contribution in [0.3, 0.4) is 0 Å². The van der Waals surface area contributed by atoms with E-state index in [9.17, 15) is 18.0 Å². The van der Waals surface area contributed by atoms with Crippen LogP contribution in [0.25, 0.3) is 0 Å². The molecule has 1 amide bonds. The summed E-state index contributed by atoms with van der Waals surface area (Å²) in [5.41, 5.74) is 0.